The Morgan fingerprint density at radius 2 is 1.45 bits per heavy atom. The molecule has 0 atom stereocenters. The van der Waals surface area contributed by atoms with E-state index in [0.717, 1.165) is 5.75 Å². The van der Waals surface area contributed by atoms with Crippen molar-refractivity contribution < 1.29 is 16.8 Å². The monoisotopic (exact) mass is 342 g/mol. The van der Waals surface area contributed by atoms with E-state index in [0.29, 0.717) is 21.6 Å². The van der Waals surface area contributed by atoms with Crippen LogP contribution in [0, 0.1) is 6.07 Å². The van der Waals surface area contributed by atoms with Gasteiger partial charge in [-0.15, -0.1) is 12.1 Å². The molecule has 110 valence electrons. The van der Waals surface area contributed by atoms with Crippen LogP contribution in [0.25, 0.3) is 0 Å². The minimum atomic E-state index is -1.87. The van der Waals surface area contributed by atoms with Gasteiger partial charge in [0, 0.05) is 0 Å². The molecule has 1 aromatic rings. The Morgan fingerprint density at radius 1 is 1.00 bits per heavy atom. The van der Waals surface area contributed by atoms with Crippen molar-refractivity contribution in [3.05, 3.63) is 29.3 Å². The zero-order valence-electron chi connectivity index (χ0n) is 13.3. The average Bonchev–Trinajstić information content (AvgIpc) is 2.24. The molecule has 0 aliphatic rings. The van der Waals surface area contributed by atoms with Gasteiger partial charge >= 0.3 is 23.1 Å². The summed E-state index contributed by atoms with van der Waals surface area (Å²) in [7, 11) is -1.87. The Hall–Kier alpha value is 0.583. The molecule has 0 fully saturated rings. The van der Waals surface area contributed by atoms with Crippen LogP contribution in [0.15, 0.2) is 18.2 Å². The molecule has 1 aromatic carbocycles. The molecule has 0 amide bonds. The standard InChI is InChI=1S/C15H24ClOSi.ClH.Mg/c1-11(2)18(12(3)4,13(5)6)17-15-9-7-8-14(16)10-15;;/h8-13H,1-6H3;1H;/q-1;;+2/p-1. The zero-order chi connectivity index (χ0) is 13.9. The molecule has 0 unspecified atom stereocenters. The van der Waals surface area contributed by atoms with Crippen molar-refractivity contribution in [2.45, 2.75) is 58.2 Å². The largest absolute Gasteiger partial charge is 2.00 e. The minimum absolute atomic E-state index is 0. The molecule has 0 radical (unpaired) electrons. The van der Waals surface area contributed by atoms with Crippen molar-refractivity contribution in [3.63, 3.8) is 0 Å². The molecule has 0 aliphatic heterocycles. The molecule has 0 N–H and O–H groups in total. The molecular formula is C15H24Cl2MgOSi. The quantitative estimate of drug-likeness (QED) is 0.589. The Kier molecular flexibility index (Phi) is 10.9. The van der Waals surface area contributed by atoms with Gasteiger partial charge in [-0.05, 0) is 22.4 Å². The van der Waals surface area contributed by atoms with Crippen molar-refractivity contribution in [1.29, 1.82) is 0 Å². The maximum atomic E-state index is 6.49. The predicted molar refractivity (Wildman–Crippen MR) is 87.7 cm³/mol. The van der Waals surface area contributed by atoms with Crippen LogP contribution in [0.1, 0.15) is 41.5 Å². The van der Waals surface area contributed by atoms with E-state index in [1.165, 1.54) is 0 Å². The van der Waals surface area contributed by atoms with E-state index in [4.69, 9.17) is 16.0 Å². The van der Waals surface area contributed by atoms with Gasteiger partial charge in [-0.25, -0.2) is 0 Å². The fraction of sp³-hybridized carbons (Fsp3) is 0.600. The Labute approximate surface area is 152 Å². The number of hydrogen-bond acceptors (Lipinski definition) is 1. The van der Waals surface area contributed by atoms with Gasteiger partial charge in [0.2, 0.25) is 8.32 Å². The smallest absolute Gasteiger partial charge is 1.00 e. The average molecular weight is 344 g/mol. The summed E-state index contributed by atoms with van der Waals surface area (Å²) in [5, 5.41) is 0.687. The molecule has 1 nitrogen and oxygen atoms in total. The molecule has 0 aliphatic carbocycles. The molecule has 0 bridgehead atoms. The summed E-state index contributed by atoms with van der Waals surface area (Å²) in [5.41, 5.74) is 1.70. The van der Waals surface area contributed by atoms with Crippen LogP contribution in [0.3, 0.4) is 0 Å². The van der Waals surface area contributed by atoms with Crippen LogP contribution < -0.4 is 16.8 Å². The maximum absolute atomic E-state index is 6.49. The van der Waals surface area contributed by atoms with Crippen molar-refractivity contribution in [2.75, 3.05) is 0 Å². The first kappa shape index (κ1) is 22.9. The van der Waals surface area contributed by atoms with Crippen LogP contribution in [0.2, 0.25) is 21.6 Å². The van der Waals surface area contributed by atoms with Crippen LogP contribution in [0.5, 0.6) is 5.75 Å². The number of halogens is 2. The second-order valence-corrected chi connectivity index (χ2v) is 11.6. The molecule has 0 heterocycles. The van der Waals surface area contributed by atoms with E-state index in [2.05, 4.69) is 47.6 Å². The summed E-state index contributed by atoms with van der Waals surface area (Å²) in [6.45, 7) is 13.7. The van der Waals surface area contributed by atoms with Crippen molar-refractivity contribution in [1.82, 2.24) is 0 Å². The van der Waals surface area contributed by atoms with Crippen LogP contribution in [0.4, 0.5) is 0 Å². The van der Waals surface area contributed by atoms with E-state index >= 15 is 0 Å². The fourth-order valence-electron chi connectivity index (χ4n) is 3.04. The second-order valence-electron chi connectivity index (χ2n) is 5.81. The summed E-state index contributed by atoms with van der Waals surface area (Å²) in [5.74, 6) is 0.866. The van der Waals surface area contributed by atoms with Gasteiger partial charge in [0.1, 0.15) is 0 Å². The van der Waals surface area contributed by atoms with E-state index < -0.39 is 8.32 Å². The molecule has 1 rings (SSSR count). The molecule has 0 saturated heterocycles. The van der Waals surface area contributed by atoms with Gasteiger partial charge in [0.05, 0.1) is 0 Å². The summed E-state index contributed by atoms with van der Waals surface area (Å²) >= 11 is 6.02. The third kappa shape index (κ3) is 5.09. The van der Waals surface area contributed by atoms with Gasteiger partial charge < -0.3 is 16.8 Å². The van der Waals surface area contributed by atoms with Crippen molar-refractivity contribution in [2.24, 2.45) is 0 Å². The minimum Gasteiger partial charge on any atom is -1.00 e. The Morgan fingerprint density at radius 3 is 1.80 bits per heavy atom. The van der Waals surface area contributed by atoms with Gasteiger partial charge in [-0.3, -0.25) is 0 Å². The third-order valence-corrected chi connectivity index (χ3v) is 9.95. The summed E-state index contributed by atoms with van der Waals surface area (Å²) in [4.78, 5) is 0. The van der Waals surface area contributed by atoms with Gasteiger partial charge in [0.15, 0.2) is 0 Å². The van der Waals surface area contributed by atoms with Crippen molar-refractivity contribution >= 4 is 43.0 Å². The molecule has 0 aromatic heterocycles. The SMILES string of the molecule is CC(C)[Si](Oc1c[c-]cc(Cl)c1)(C(C)C)C(C)C.[Cl-].[Mg+2]. The van der Waals surface area contributed by atoms with Gasteiger partial charge in [-0.2, -0.15) is 23.7 Å². The van der Waals surface area contributed by atoms with Crippen LogP contribution in [-0.4, -0.2) is 31.4 Å². The molecule has 0 spiro atoms. The normalized spacial score (nSPS) is 11.3. The van der Waals surface area contributed by atoms with E-state index in [9.17, 15) is 0 Å². The first-order valence-corrected chi connectivity index (χ1v) is 9.18. The predicted octanol–water partition coefficient (Wildman–Crippen LogP) is 2.32. The van der Waals surface area contributed by atoms with E-state index in [1.807, 2.05) is 12.1 Å². The maximum Gasteiger partial charge on any atom is 2.00 e. The summed E-state index contributed by atoms with van der Waals surface area (Å²) < 4.78 is 6.49. The topological polar surface area (TPSA) is 9.23 Å². The van der Waals surface area contributed by atoms with Crippen LogP contribution in [-0.2, 0) is 0 Å². The van der Waals surface area contributed by atoms with E-state index in [1.54, 1.807) is 6.07 Å². The molecule has 0 saturated carbocycles. The fourth-order valence-corrected chi connectivity index (χ4v) is 8.44. The first-order valence-electron chi connectivity index (χ1n) is 6.66. The molecule has 5 heteroatoms. The summed E-state index contributed by atoms with van der Waals surface area (Å²) in [6.07, 6.45) is 0. The third-order valence-electron chi connectivity index (χ3n) is 3.73. The van der Waals surface area contributed by atoms with Crippen molar-refractivity contribution in [3.8, 4) is 5.75 Å². The number of hydrogen-bond donors (Lipinski definition) is 0. The molecule has 20 heavy (non-hydrogen) atoms. The number of benzene rings is 1. The van der Waals surface area contributed by atoms with Crippen LogP contribution >= 0.6 is 11.6 Å². The van der Waals surface area contributed by atoms with Gasteiger partial charge in [0.25, 0.3) is 0 Å². The second kappa shape index (κ2) is 9.57. The number of rotatable bonds is 5. The zero-order valence-corrected chi connectivity index (χ0v) is 17.3. The molecular weight excluding hydrogens is 319 g/mol. The Balaban J connectivity index is 0. The van der Waals surface area contributed by atoms with E-state index in [-0.39, 0.29) is 35.5 Å². The summed E-state index contributed by atoms with van der Waals surface area (Å²) in [6, 6.07) is 8.58. The first-order chi connectivity index (χ1) is 8.30. The van der Waals surface area contributed by atoms with Gasteiger partial charge in [-0.1, -0.05) is 46.6 Å². The Bertz CT molecular complexity index is 375.